The van der Waals surface area contributed by atoms with Gasteiger partial charge in [-0.3, -0.25) is 4.79 Å². The highest BCUT2D eigenvalue weighted by Crippen LogP contribution is 2.17. The van der Waals surface area contributed by atoms with Crippen LogP contribution in [0.25, 0.3) is 0 Å². The predicted octanol–water partition coefficient (Wildman–Crippen LogP) is 4.91. The van der Waals surface area contributed by atoms with Crippen LogP contribution in [0.2, 0.25) is 0 Å². The molecule has 126 valence electrons. The van der Waals surface area contributed by atoms with E-state index in [0.29, 0.717) is 0 Å². The van der Waals surface area contributed by atoms with E-state index in [4.69, 9.17) is 4.74 Å². The number of carbonyl (C=O) groups excluding carboxylic acids is 1. The van der Waals surface area contributed by atoms with Crippen molar-refractivity contribution >= 4 is 17.7 Å². The number of rotatable bonds is 14. The summed E-state index contributed by atoms with van der Waals surface area (Å²) in [5, 5.41) is 2.40. The van der Waals surface area contributed by atoms with Gasteiger partial charge in [0, 0.05) is 18.7 Å². The lowest BCUT2D eigenvalue weighted by atomic mass is 10.1. The molecule has 0 heterocycles. The molecule has 0 bridgehead atoms. The first-order valence-corrected chi connectivity index (χ1v) is 9.22. The van der Waals surface area contributed by atoms with Crippen LogP contribution < -0.4 is 0 Å². The van der Waals surface area contributed by atoms with E-state index in [1.54, 1.807) is 0 Å². The highest BCUT2D eigenvalue weighted by Gasteiger charge is 2.18. The zero-order chi connectivity index (χ0) is 16.5. The molecule has 1 amide bonds. The van der Waals surface area contributed by atoms with Gasteiger partial charge in [-0.1, -0.05) is 44.9 Å². The standard InChI is InChI=1S/C17H29NO3S/c1-3-4-5-6-7-8-9-10-11-12-13-14-15-22-17(21-2)16(19)18-20/h17H,5-15H2,1-2H3. The fourth-order valence-electron chi connectivity index (χ4n) is 2.15. The average molecular weight is 327 g/mol. The van der Waals surface area contributed by atoms with E-state index in [1.165, 1.54) is 63.8 Å². The molecule has 0 radical (unpaired) electrons. The van der Waals surface area contributed by atoms with Crippen LogP contribution in [-0.2, 0) is 9.53 Å². The first-order valence-electron chi connectivity index (χ1n) is 8.17. The van der Waals surface area contributed by atoms with E-state index < -0.39 is 11.3 Å². The lowest BCUT2D eigenvalue weighted by Gasteiger charge is -2.09. The van der Waals surface area contributed by atoms with Crippen LogP contribution in [0.5, 0.6) is 0 Å². The van der Waals surface area contributed by atoms with Crippen LogP contribution in [0.15, 0.2) is 5.18 Å². The van der Waals surface area contributed by atoms with Gasteiger partial charge in [-0.2, -0.15) is 0 Å². The maximum absolute atomic E-state index is 11.1. The second-order valence-electron chi connectivity index (χ2n) is 5.23. The summed E-state index contributed by atoms with van der Waals surface area (Å²) in [6, 6.07) is 0. The number of methoxy groups -OCH3 is 1. The third kappa shape index (κ3) is 12.8. The minimum Gasteiger partial charge on any atom is -0.361 e. The fraction of sp³-hybridized carbons (Fsp3) is 0.824. The van der Waals surface area contributed by atoms with Crippen molar-refractivity contribution in [3.8, 4) is 11.8 Å². The summed E-state index contributed by atoms with van der Waals surface area (Å²) >= 11 is 1.36. The maximum atomic E-state index is 11.1. The highest BCUT2D eigenvalue weighted by atomic mass is 32.2. The van der Waals surface area contributed by atoms with Gasteiger partial charge in [-0.15, -0.1) is 28.5 Å². The first kappa shape index (κ1) is 21.1. The quantitative estimate of drug-likeness (QED) is 0.197. The van der Waals surface area contributed by atoms with Crippen molar-refractivity contribution in [2.45, 2.75) is 76.6 Å². The fourth-order valence-corrected chi connectivity index (χ4v) is 3.06. The van der Waals surface area contributed by atoms with E-state index in [0.717, 1.165) is 25.0 Å². The van der Waals surface area contributed by atoms with Gasteiger partial charge in [0.1, 0.15) is 0 Å². The van der Waals surface area contributed by atoms with Crippen LogP contribution in [0, 0.1) is 16.7 Å². The molecule has 1 unspecified atom stereocenters. The minimum atomic E-state index is -0.727. The Hall–Kier alpha value is -0.860. The Morgan fingerprint density at radius 2 is 1.59 bits per heavy atom. The number of ether oxygens (including phenoxy) is 1. The number of carbonyl (C=O) groups is 1. The number of nitroso groups, excluding NO2 is 1. The van der Waals surface area contributed by atoms with Gasteiger partial charge in [0.15, 0.2) is 5.44 Å². The molecule has 0 aliphatic heterocycles. The molecule has 0 fully saturated rings. The molecule has 0 aromatic heterocycles. The monoisotopic (exact) mass is 327 g/mol. The number of thioether (sulfide) groups is 1. The summed E-state index contributed by atoms with van der Waals surface area (Å²) in [6.07, 6.45) is 12.2. The van der Waals surface area contributed by atoms with Crippen molar-refractivity contribution in [1.29, 1.82) is 0 Å². The molecule has 5 heteroatoms. The second kappa shape index (κ2) is 16.5. The molecule has 0 saturated heterocycles. The van der Waals surface area contributed by atoms with Gasteiger partial charge >= 0.3 is 5.91 Å². The van der Waals surface area contributed by atoms with Gasteiger partial charge in [0.25, 0.3) is 0 Å². The Bertz CT molecular complexity index is 350. The summed E-state index contributed by atoms with van der Waals surface area (Å²) < 4.78 is 4.92. The van der Waals surface area contributed by atoms with Crippen molar-refractivity contribution in [1.82, 2.24) is 0 Å². The van der Waals surface area contributed by atoms with Crippen molar-refractivity contribution in [3.63, 3.8) is 0 Å². The maximum Gasteiger partial charge on any atom is 0.325 e. The van der Waals surface area contributed by atoms with Gasteiger partial charge in [-0.25, -0.2) is 0 Å². The molecule has 1 atom stereocenters. The van der Waals surface area contributed by atoms with Crippen LogP contribution in [0.4, 0.5) is 0 Å². The summed E-state index contributed by atoms with van der Waals surface area (Å²) in [5.41, 5.74) is -0.727. The molecule has 0 saturated carbocycles. The van der Waals surface area contributed by atoms with Gasteiger partial charge < -0.3 is 4.74 Å². The van der Waals surface area contributed by atoms with Crippen LogP contribution in [-0.4, -0.2) is 24.2 Å². The number of amides is 1. The van der Waals surface area contributed by atoms with Crippen LogP contribution >= 0.6 is 11.8 Å². The molecule has 0 aromatic carbocycles. The van der Waals surface area contributed by atoms with E-state index in [1.807, 2.05) is 6.92 Å². The minimum absolute atomic E-state index is 0.725. The average Bonchev–Trinajstić information content (AvgIpc) is 2.54. The van der Waals surface area contributed by atoms with Crippen LogP contribution in [0.3, 0.4) is 0 Å². The number of nitrogens with zero attached hydrogens (tertiary/aromatic N) is 1. The van der Waals surface area contributed by atoms with Gasteiger partial charge in [-0.05, 0) is 25.5 Å². The third-order valence-corrected chi connectivity index (χ3v) is 4.62. The molecule has 0 aromatic rings. The van der Waals surface area contributed by atoms with Crippen molar-refractivity contribution in [3.05, 3.63) is 4.91 Å². The zero-order valence-corrected chi connectivity index (χ0v) is 14.8. The Kier molecular flexibility index (Phi) is 15.9. The van der Waals surface area contributed by atoms with Gasteiger partial charge in [0.05, 0.1) is 0 Å². The lowest BCUT2D eigenvalue weighted by molar-refractivity contribution is -0.123. The van der Waals surface area contributed by atoms with Gasteiger partial charge in [0.2, 0.25) is 0 Å². The van der Waals surface area contributed by atoms with Crippen molar-refractivity contribution in [2.24, 2.45) is 5.18 Å². The highest BCUT2D eigenvalue weighted by molar-refractivity contribution is 8.00. The smallest absolute Gasteiger partial charge is 0.325 e. The van der Waals surface area contributed by atoms with E-state index in [9.17, 15) is 9.70 Å². The van der Waals surface area contributed by atoms with E-state index in [2.05, 4.69) is 17.0 Å². The first-order chi connectivity index (χ1) is 10.8. The summed E-state index contributed by atoms with van der Waals surface area (Å²) in [6.45, 7) is 1.89. The number of hydrogen-bond acceptors (Lipinski definition) is 4. The number of hydrogen-bond donors (Lipinski definition) is 0. The number of unbranched alkanes of at least 4 members (excludes halogenated alkanes) is 9. The second-order valence-corrected chi connectivity index (χ2v) is 6.40. The largest absolute Gasteiger partial charge is 0.361 e. The Morgan fingerprint density at radius 3 is 2.09 bits per heavy atom. The Balaban J connectivity index is 3.27. The van der Waals surface area contributed by atoms with Crippen molar-refractivity contribution in [2.75, 3.05) is 12.9 Å². The predicted molar refractivity (Wildman–Crippen MR) is 93.7 cm³/mol. The summed E-state index contributed by atoms with van der Waals surface area (Å²) in [4.78, 5) is 21.2. The van der Waals surface area contributed by atoms with Crippen LogP contribution in [0.1, 0.15) is 71.1 Å². The summed E-state index contributed by atoms with van der Waals surface area (Å²) in [7, 11) is 1.43. The molecule has 0 spiro atoms. The molecule has 0 N–H and O–H groups in total. The molecular weight excluding hydrogens is 298 g/mol. The lowest BCUT2D eigenvalue weighted by Crippen LogP contribution is -2.17. The van der Waals surface area contributed by atoms with E-state index >= 15 is 0 Å². The third-order valence-electron chi connectivity index (χ3n) is 3.40. The van der Waals surface area contributed by atoms with E-state index in [-0.39, 0.29) is 0 Å². The molecule has 0 aliphatic rings. The SMILES string of the molecule is CC#CCCCCCCCCCCCSC(OC)C(=O)N=O. The Labute approximate surface area is 139 Å². The zero-order valence-electron chi connectivity index (χ0n) is 13.9. The normalized spacial score (nSPS) is 11.5. The molecule has 0 rings (SSSR count). The molecular formula is C17H29NO3S. The molecule has 22 heavy (non-hydrogen) atoms. The topological polar surface area (TPSA) is 55.7 Å². The summed E-state index contributed by atoms with van der Waals surface area (Å²) in [5.74, 6) is 6.13. The van der Waals surface area contributed by atoms with Crippen molar-refractivity contribution < 1.29 is 9.53 Å². The molecule has 0 aliphatic carbocycles. The molecule has 4 nitrogen and oxygen atoms in total. The Morgan fingerprint density at radius 1 is 1.05 bits per heavy atom.